The van der Waals surface area contributed by atoms with Gasteiger partial charge in [-0.05, 0) is 46.5 Å². The first kappa shape index (κ1) is 15.3. The first-order valence-corrected chi connectivity index (χ1v) is 7.22. The smallest absolute Gasteiger partial charge is 0.417 e. The fourth-order valence-corrected chi connectivity index (χ4v) is 2.82. The number of aliphatic hydroxyl groups is 1. The third-order valence-electron chi connectivity index (χ3n) is 3.88. The molecule has 2 fully saturated rings. The number of hydrogen-bond donors (Lipinski definition) is 2. The van der Waals surface area contributed by atoms with Crippen molar-refractivity contribution in [2.45, 2.75) is 63.7 Å². The first-order valence-electron chi connectivity index (χ1n) is 7.22. The molecule has 2 rings (SSSR count). The zero-order valence-corrected chi connectivity index (χ0v) is 12.4. The van der Waals surface area contributed by atoms with Crippen LogP contribution < -0.4 is 5.32 Å². The van der Waals surface area contributed by atoms with Crippen LogP contribution in [0.15, 0.2) is 0 Å². The van der Waals surface area contributed by atoms with Crippen molar-refractivity contribution in [3.63, 3.8) is 0 Å². The third-order valence-corrected chi connectivity index (χ3v) is 3.88. The van der Waals surface area contributed by atoms with Gasteiger partial charge in [-0.15, -0.1) is 0 Å². The Hall–Kier alpha value is -1.14. The standard InChI is InChI=1S/C14H24N2O4/c1-13(2,3)20-12(19)16-9-8-15-14(11(16)18)6-4-10(17)5-7-14/h10,15,17H,4-9H2,1-3H3/t10-,14+. The molecule has 20 heavy (non-hydrogen) atoms. The van der Waals surface area contributed by atoms with Crippen LogP contribution in [0.5, 0.6) is 0 Å². The van der Waals surface area contributed by atoms with Gasteiger partial charge in [0.15, 0.2) is 0 Å². The lowest BCUT2D eigenvalue weighted by atomic mass is 9.78. The minimum absolute atomic E-state index is 0.218. The molecule has 114 valence electrons. The second kappa shape index (κ2) is 5.33. The van der Waals surface area contributed by atoms with Gasteiger partial charge in [0, 0.05) is 13.1 Å². The molecular formula is C14H24N2O4. The third kappa shape index (κ3) is 3.12. The topological polar surface area (TPSA) is 78.9 Å². The number of nitrogens with one attached hydrogen (secondary N) is 1. The Kier molecular flexibility index (Phi) is 4.07. The maximum absolute atomic E-state index is 12.6. The molecule has 1 aliphatic carbocycles. The van der Waals surface area contributed by atoms with Gasteiger partial charge in [0.05, 0.1) is 11.6 Å². The predicted molar refractivity (Wildman–Crippen MR) is 73.2 cm³/mol. The first-order chi connectivity index (χ1) is 9.23. The Bertz CT molecular complexity index is 394. The molecule has 6 nitrogen and oxygen atoms in total. The monoisotopic (exact) mass is 284 g/mol. The summed E-state index contributed by atoms with van der Waals surface area (Å²) in [5.74, 6) is -0.218. The Balaban J connectivity index is 2.09. The van der Waals surface area contributed by atoms with E-state index in [-0.39, 0.29) is 12.0 Å². The van der Waals surface area contributed by atoms with Gasteiger partial charge in [0.1, 0.15) is 5.60 Å². The number of amides is 2. The molecule has 0 aromatic rings. The molecule has 1 saturated heterocycles. The quantitative estimate of drug-likeness (QED) is 0.694. The van der Waals surface area contributed by atoms with E-state index in [2.05, 4.69) is 5.32 Å². The largest absolute Gasteiger partial charge is 0.443 e. The maximum atomic E-state index is 12.6. The highest BCUT2D eigenvalue weighted by atomic mass is 16.6. The Morgan fingerprint density at radius 3 is 2.55 bits per heavy atom. The van der Waals surface area contributed by atoms with Gasteiger partial charge in [-0.25, -0.2) is 9.69 Å². The van der Waals surface area contributed by atoms with E-state index in [1.54, 1.807) is 20.8 Å². The van der Waals surface area contributed by atoms with Gasteiger partial charge >= 0.3 is 6.09 Å². The van der Waals surface area contributed by atoms with Crippen LogP contribution in [0.3, 0.4) is 0 Å². The van der Waals surface area contributed by atoms with E-state index >= 15 is 0 Å². The van der Waals surface area contributed by atoms with Crippen LogP contribution in [0.25, 0.3) is 0 Å². The highest BCUT2D eigenvalue weighted by Gasteiger charge is 2.48. The number of hydrogen-bond acceptors (Lipinski definition) is 5. The zero-order chi connectivity index (χ0) is 15.0. The van der Waals surface area contributed by atoms with Crippen molar-refractivity contribution in [3.05, 3.63) is 0 Å². The van der Waals surface area contributed by atoms with Crippen LogP contribution in [-0.2, 0) is 9.53 Å². The van der Waals surface area contributed by atoms with Gasteiger partial charge in [0.2, 0.25) is 0 Å². The molecule has 1 heterocycles. The van der Waals surface area contributed by atoms with Crippen LogP contribution >= 0.6 is 0 Å². The Labute approximate surface area is 119 Å². The van der Waals surface area contributed by atoms with Crippen molar-refractivity contribution in [1.29, 1.82) is 0 Å². The molecule has 1 saturated carbocycles. The van der Waals surface area contributed by atoms with Gasteiger partial charge < -0.3 is 15.2 Å². The molecule has 0 radical (unpaired) electrons. The van der Waals surface area contributed by atoms with E-state index in [4.69, 9.17) is 4.74 Å². The number of rotatable bonds is 0. The normalized spacial score (nSPS) is 31.5. The van der Waals surface area contributed by atoms with E-state index in [1.165, 1.54) is 4.90 Å². The van der Waals surface area contributed by atoms with E-state index in [0.29, 0.717) is 38.8 Å². The van der Waals surface area contributed by atoms with Crippen LogP contribution in [-0.4, -0.2) is 52.3 Å². The molecule has 1 spiro atoms. The summed E-state index contributed by atoms with van der Waals surface area (Å²) in [5.41, 5.74) is -1.31. The van der Waals surface area contributed by atoms with E-state index in [0.717, 1.165) is 0 Å². The molecule has 0 aromatic carbocycles. The fourth-order valence-electron chi connectivity index (χ4n) is 2.82. The number of nitrogens with zero attached hydrogens (tertiary/aromatic N) is 1. The Morgan fingerprint density at radius 1 is 1.40 bits per heavy atom. The zero-order valence-electron chi connectivity index (χ0n) is 12.4. The summed E-state index contributed by atoms with van der Waals surface area (Å²) in [6.45, 7) is 6.25. The van der Waals surface area contributed by atoms with E-state index in [1.807, 2.05) is 0 Å². The highest BCUT2D eigenvalue weighted by Crippen LogP contribution is 2.32. The molecule has 6 heteroatoms. The summed E-state index contributed by atoms with van der Waals surface area (Å²) >= 11 is 0. The lowest BCUT2D eigenvalue weighted by molar-refractivity contribution is -0.142. The molecule has 2 N–H and O–H groups in total. The summed E-state index contributed by atoms with van der Waals surface area (Å²) in [4.78, 5) is 25.9. The fraction of sp³-hybridized carbons (Fsp3) is 0.857. The van der Waals surface area contributed by atoms with Crippen LogP contribution in [0.2, 0.25) is 0 Å². The number of piperazine rings is 1. The lowest BCUT2D eigenvalue weighted by Gasteiger charge is -2.44. The summed E-state index contributed by atoms with van der Waals surface area (Å²) in [6.07, 6.45) is 1.38. The summed E-state index contributed by atoms with van der Waals surface area (Å²) in [7, 11) is 0. The number of carbonyl (C=O) groups excluding carboxylic acids is 2. The molecule has 0 aromatic heterocycles. The van der Waals surface area contributed by atoms with E-state index in [9.17, 15) is 14.7 Å². The number of carbonyl (C=O) groups is 2. The van der Waals surface area contributed by atoms with Crippen molar-refractivity contribution < 1.29 is 19.4 Å². The van der Waals surface area contributed by atoms with E-state index < -0.39 is 17.2 Å². The van der Waals surface area contributed by atoms with Crippen LogP contribution in [0.1, 0.15) is 46.5 Å². The van der Waals surface area contributed by atoms with Crippen molar-refractivity contribution in [3.8, 4) is 0 Å². The van der Waals surface area contributed by atoms with Gasteiger partial charge in [0.25, 0.3) is 5.91 Å². The predicted octanol–water partition coefficient (Wildman–Crippen LogP) is 1.03. The molecule has 0 atom stereocenters. The second-order valence-corrected chi connectivity index (χ2v) is 6.68. The molecule has 2 amide bonds. The van der Waals surface area contributed by atoms with Crippen molar-refractivity contribution >= 4 is 12.0 Å². The van der Waals surface area contributed by atoms with Crippen molar-refractivity contribution in [2.75, 3.05) is 13.1 Å². The minimum atomic E-state index is -0.700. The molecule has 1 aliphatic heterocycles. The Morgan fingerprint density at radius 2 is 2.00 bits per heavy atom. The number of imide groups is 1. The SMILES string of the molecule is CC(C)(C)OC(=O)N1CCN[C@]2(CC[C@@H](O)CC2)C1=O. The molecular weight excluding hydrogens is 260 g/mol. The van der Waals surface area contributed by atoms with Gasteiger partial charge in [-0.2, -0.15) is 0 Å². The highest BCUT2D eigenvalue weighted by molar-refractivity contribution is 5.98. The summed E-state index contributed by atoms with van der Waals surface area (Å²) < 4.78 is 5.29. The average Bonchev–Trinajstić information content (AvgIpc) is 2.34. The molecule has 0 bridgehead atoms. The lowest BCUT2D eigenvalue weighted by Crippen LogP contribution is -2.67. The van der Waals surface area contributed by atoms with Crippen molar-refractivity contribution in [1.82, 2.24) is 10.2 Å². The van der Waals surface area contributed by atoms with Crippen molar-refractivity contribution in [2.24, 2.45) is 0 Å². The molecule has 0 unspecified atom stereocenters. The van der Waals surface area contributed by atoms with Crippen LogP contribution in [0, 0.1) is 0 Å². The number of ether oxygens (including phenoxy) is 1. The van der Waals surface area contributed by atoms with Crippen LogP contribution in [0.4, 0.5) is 4.79 Å². The average molecular weight is 284 g/mol. The minimum Gasteiger partial charge on any atom is -0.443 e. The maximum Gasteiger partial charge on any atom is 0.417 e. The second-order valence-electron chi connectivity index (χ2n) is 6.68. The van der Waals surface area contributed by atoms with Gasteiger partial charge in [-0.1, -0.05) is 0 Å². The molecule has 2 aliphatic rings. The number of aliphatic hydroxyl groups excluding tert-OH is 1. The van der Waals surface area contributed by atoms with Gasteiger partial charge in [-0.3, -0.25) is 4.79 Å². The summed E-state index contributed by atoms with van der Waals surface area (Å²) in [5, 5.41) is 12.8. The summed E-state index contributed by atoms with van der Waals surface area (Å²) in [6, 6.07) is 0.